The molecule has 1 saturated heterocycles. The summed E-state index contributed by atoms with van der Waals surface area (Å²) < 4.78 is 2.57. The Balaban J connectivity index is 2.05. The lowest BCUT2D eigenvalue weighted by molar-refractivity contribution is 0.278. The standard InChI is InChI=1S/C9H16IN/c1-7-6-8-4-2-3-5-9(8)11(7)10/h7-9H,2-6H2,1H3. The Hall–Kier alpha value is 0.690. The number of hydrogen-bond donors (Lipinski definition) is 0. The van der Waals surface area contributed by atoms with Crippen molar-refractivity contribution in [1.82, 2.24) is 3.11 Å². The lowest BCUT2D eigenvalue weighted by Gasteiger charge is -2.28. The zero-order valence-corrected chi connectivity index (χ0v) is 9.25. The third-order valence-corrected chi connectivity index (χ3v) is 4.92. The fraction of sp³-hybridized carbons (Fsp3) is 1.00. The van der Waals surface area contributed by atoms with Crippen LogP contribution < -0.4 is 0 Å². The molecule has 0 spiro atoms. The van der Waals surface area contributed by atoms with Crippen molar-refractivity contribution in [3.8, 4) is 0 Å². The molecule has 11 heavy (non-hydrogen) atoms. The largest absolute Gasteiger partial charge is 0.241 e. The minimum atomic E-state index is 0.837. The summed E-state index contributed by atoms with van der Waals surface area (Å²) in [5, 5.41) is 0. The summed E-state index contributed by atoms with van der Waals surface area (Å²) in [6.07, 6.45) is 7.35. The van der Waals surface area contributed by atoms with Gasteiger partial charge in [0.15, 0.2) is 0 Å². The molecular formula is C9H16IN. The molecule has 0 aromatic carbocycles. The minimum absolute atomic E-state index is 0.837. The summed E-state index contributed by atoms with van der Waals surface area (Å²) in [4.78, 5) is 0. The van der Waals surface area contributed by atoms with E-state index in [4.69, 9.17) is 0 Å². The van der Waals surface area contributed by atoms with E-state index in [0.717, 1.165) is 18.0 Å². The normalized spacial score (nSPS) is 45.8. The number of rotatable bonds is 0. The first-order valence-electron chi connectivity index (χ1n) is 4.73. The molecule has 1 aliphatic carbocycles. The van der Waals surface area contributed by atoms with E-state index >= 15 is 0 Å². The molecule has 1 nitrogen and oxygen atoms in total. The fourth-order valence-corrected chi connectivity index (χ4v) is 3.61. The summed E-state index contributed by atoms with van der Waals surface area (Å²) in [6, 6.07) is 1.77. The lowest BCUT2D eigenvalue weighted by Crippen LogP contribution is -2.29. The highest BCUT2D eigenvalue weighted by Crippen LogP contribution is 2.41. The molecule has 0 aromatic rings. The summed E-state index contributed by atoms with van der Waals surface area (Å²) in [7, 11) is 0. The van der Waals surface area contributed by atoms with Crippen LogP contribution in [-0.2, 0) is 0 Å². The summed E-state index contributed by atoms with van der Waals surface area (Å²) in [6.45, 7) is 2.37. The van der Waals surface area contributed by atoms with Crippen LogP contribution in [0.15, 0.2) is 0 Å². The van der Waals surface area contributed by atoms with Gasteiger partial charge in [-0.15, -0.1) is 0 Å². The van der Waals surface area contributed by atoms with Crippen molar-refractivity contribution >= 4 is 22.9 Å². The predicted molar refractivity (Wildman–Crippen MR) is 55.7 cm³/mol. The van der Waals surface area contributed by atoms with Crippen LogP contribution in [0.25, 0.3) is 0 Å². The van der Waals surface area contributed by atoms with Crippen molar-refractivity contribution in [2.45, 2.75) is 51.1 Å². The van der Waals surface area contributed by atoms with Gasteiger partial charge in [-0.05, 0) is 32.1 Å². The van der Waals surface area contributed by atoms with Gasteiger partial charge in [-0.1, -0.05) is 12.8 Å². The van der Waals surface area contributed by atoms with Crippen LogP contribution in [0.4, 0.5) is 0 Å². The van der Waals surface area contributed by atoms with Gasteiger partial charge in [0, 0.05) is 34.9 Å². The average Bonchev–Trinajstić information content (AvgIpc) is 2.30. The summed E-state index contributed by atoms with van der Waals surface area (Å²) in [5.74, 6) is 1.04. The minimum Gasteiger partial charge on any atom is -0.241 e. The van der Waals surface area contributed by atoms with Crippen LogP contribution in [0.5, 0.6) is 0 Å². The highest BCUT2D eigenvalue weighted by molar-refractivity contribution is 14.1. The fourth-order valence-electron chi connectivity index (χ4n) is 2.65. The Bertz CT molecular complexity index is 148. The highest BCUT2D eigenvalue weighted by atomic mass is 127. The highest BCUT2D eigenvalue weighted by Gasteiger charge is 2.38. The van der Waals surface area contributed by atoms with E-state index in [2.05, 4.69) is 32.9 Å². The quantitative estimate of drug-likeness (QED) is 0.480. The molecule has 0 amide bonds. The first-order valence-corrected chi connectivity index (χ1v) is 5.69. The number of nitrogens with zero attached hydrogens (tertiary/aromatic N) is 1. The van der Waals surface area contributed by atoms with E-state index in [0.29, 0.717) is 0 Å². The molecule has 2 heteroatoms. The summed E-state index contributed by atoms with van der Waals surface area (Å²) >= 11 is 2.53. The predicted octanol–water partition coefficient (Wildman–Crippen LogP) is 2.99. The van der Waals surface area contributed by atoms with Crippen molar-refractivity contribution in [3.63, 3.8) is 0 Å². The van der Waals surface area contributed by atoms with Crippen LogP contribution in [-0.4, -0.2) is 15.2 Å². The molecular weight excluding hydrogens is 249 g/mol. The third-order valence-electron chi connectivity index (χ3n) is 3.25. The van der Waals surface area contributed by atoms with E-state index in [1.165, 1.54) is 32.1 Å². The Morgan fingerprint density at radius 1 is 1.27 bits per heavy atom. The maximum absolute atomic E-state index is 2.57. The molecule has 64 valence electrons. The monoisotopic (exact) mass is 265 g/mol. The number of fused-ring (bicyclic) bond motifs is 1. The van der Waals surface area contributed by atoms with E-state index in [1.807, 2.05) is 0 Å². The molecule has 1 saturated carbocycles. The van der Waals surface area contributed by atoms with Gasteiger partial charge >= 0.3 is 0 Å². The molecule has 2 rings (SSSR count). The van der Waals surface area contributed by atoms with E-state index in [1.54, 1.807) is 0 Å². The molecule has 0 N–H and O–H groups in total. The SMILES string of the molecule is CC1CC2CCCCC2N1I. The van der Waals surface area contributed by atoms with Crippen molar-refractivity contribution in [2.24, 2.45) is 5.92 Å². The molecule has 0 bridgehead atoms. The van der Waals surface area contributed by atoms with Crippen LogP contribution in [0.1, 0.15) is 39.0 Å². The van der Waals surface area contributed by atoms with Gasteiger partial charge in [-0.2, -0.15) is 0 Å². The Morgan fingerprint density at radius 3 is 2.73 bits per heavy atom. The first-order chi connectivity index (χ1) is 5.29. The van der Waals surface area contributed by atoms with Gasteiger partial charge < -0.3 is 0 Å². The maximum atomic E-state index is 2.57. The van der Waals surface area contributed by atoms with Crippen molar-refractivity contribution < 1.29 is 0 Å². The Labute approximate surface area is 83.0 Å². The summed E-state index contributed by atoms with van der Waals surface area (Å²) in [5.41, 5.74) is 0. The van der Waals surface area contributed by atoms with Gasteiger partial charge in [-0.25, -0.2) is 3.11 Å². The maximum Gasteiger partial charge on any atom is 0.0225 e. The molecule has 1 heterocycles. The van der Waals surface area contributed by atoms with Gasteiger partial charge in [0.25, 0.3) is 0 Å². The van der Waals surface area contributed by atoms with E-state index in [9.17, 15) is 0 Å². The average molecular weight is 265 g/mol. The second-order valence-electron chi connectivity index (χ2n) is 4.04. The molecule has 3 unspecified atom stereocenters. The van der Waals surface area contributed by atoms with E-state index < -0.39 is 0 Å². The Kier molecular flexibility index (Phi) is 2.42. The van der Waals surface area contributed by atoms with Crippen molar-refractivity contribution in [3.05, 3.63) is 0 Å². The van der Waals surface area contributed by atoms with Crippen LogP contribution in [0, 0.1) is 5.92 Å². The van der Waals surface area contributed by atoms with E-state index in [-0.39, 0.29) is 0 Å². The molecule has 1 aliphatic heterocycles. The topological polar surface area (TPSA) is 3.24 Å². The van der Waals surface area contributed by atoms with Crippen LogP contribution in [0.2, 0.25) is 0 Å². The molecule has 3 atom stereocenters. The second kappa shape index (κ2) is 3.21. The smallest absolute Gasteiger partial charge is 0.0225 e. The van der Waals surface area contributed by atoms with Gasteiger partial charge in [0.1, 0.15) is 0 Å². The lowest BCUT2D eigenvalue weighted by atomic mass is 9.85. The van der Waals surface area contributed by atoms with Gasteiger partial charge in [0.2, 0.25) is 0 Å². The second-order valence-corrected chi connectivity index (χ2v) is 5.15. The first kappa shape index (κ1) is 8.30. The van der Waals surface area contributed by atoms with Crippen molar-refractivity contribution in [2.75, 3.05) is 0 Å². The van der Waals surface area contributed by atoms with Crippen LogP contribution in [0.3, 0.4) is 0 Å². The Morgan fingerprint density at radius 2 is 2.00 bits per heavy atom. The molecule has 2 fully saturated rings. The van der Waals surface area contributed by atoms with Crippen molar-refractivity contribution in [1.29, 1.82) is 0 Å². The zero-order chi connectivity index (χ0) is 7.84. The number of halogens is 1. The molecule has 2 aliphatic rings. The molecule has 0 radical (unpaired) electrons. The number of hydrogen-bond acceptors (Lipinski definition) is 1. The molecule has 0 aromatic heterocycles. The van der Waals surface area contributed by atoms with Crippen LogP contribution >= 0.6 is 22.9 Å². The zero-order valence-electron chi connectivity index (χ0n) is 7.09. The van der Waals surface area contributed by atoms with Gasteiger partial charge in [-0.3, -0.25) is 0 Å². The van der Waals surface area contributed by atoms with Gasteiger partial charge in [0.05, 0.1) is 0 Å². The third kappa shape index (κ3) is 1.44.